The monoisotopic (exact) mass is 200 g/mol. The third-order valence-corrected chi connectivity index (χ3v) is 2.73. The number of carbonyl (C=O) groups is 1. The first-order chi connectivity index (χ1) is 6.77. The molecule has 1 aliphatic rings. The Bertz CT molecular complexity index is 181. The van der Waals surface area contributed by atoms with E-state index >= 15 is 0 Å². The van der Waals surface area contributed by atoms with Crippen molar-refractivity contribution >= 4 is 6.09 Å². The average Bonchev–Trinajstić information content (AvgIpc) is 2.59. The quantitative estimate of drug-likeness (QED) is 0.701. The van der Waals surface area contributed by atoms with Crippen LogP contribution in [0.1, 0.15) is 26.2 Å². The van der Waals surface area contributed by atoms with Crippen molar-refractivity contribution in [2.24, 2.45) is 0 Å². The van der Waals surface area contributed by atoms with Gasteiger partial charge in [-0.3, -0.25) is 0 Å². The van der Waals surface area contributed by atoms with Gasteiger partial charge in [0, 0.05) is 12.6 Å². The molecular weight excluding hydrogens is 180 g/mol. The lowest BCUT2D eigenvalue weighted by Gasteiger charge is -2.16. The molecule has 0 saturated carbocycles. The van der Waals surface area contributed by atoms with Crippen LogP contribution in [0.5, 0.6) is 0 Å². The molecule has 0 aromatic carbocycles. The van der Waals surface area contributed by atoms with Gasteiger partial charge in [-0.1, -0.05) is 6.92 Å². The van der Waals surface area contributed by atoms with Crippen LogP contribution >= 0.6 is 0 Å². The summed E-state index contributed by atoms with van der Waals surface area (Å²) in [5.41, 5.74) is 0. The lowest BCUT2D eigenvalue weighted by Crippen LogP contribution is -2.29. The highest BCUT2D eigenvalue weighted by atomic mass is 16.6. The van der Waals surface area contributed by atoms with E-state index in [4.69, 9.17) is 4.74 Å². The molecule has 82 valence electrons. The minimum absolute atomic E-state index is 0.150. The summed E-state index contributed by atoms with van der Waals surface area (Å²) in [6.45, 7) is 4.32. The van der Waals surface area contributed by atoms with Crippen LogP contribution in [0, 0.1) is 0 Å². The number of amides is 1. The maximum Gasteiger partial charge on any atom is 0.409 e. The molecule has 14 heavy (non-hydrogen) atoms. The van der Waals surface area contributed by atoms with Crippen molar-refractivity contribution in [3.8, 4) is 0 Å². The zero-order valence-electron chi connectivity index (χ0n) is 9.08. The molecule has 0 radical (unpaired) electrons. The number of hydrogen-bond acceptors (Lipinski definition) is 3. The summed E-state index contributed by atoms with van der Waals surface area (Å²) >= 11 is 0. The van der Waals surface area contributed by atoms with E-state index in [0.717, 1.165) is 32.4 Å². The van der Waals surface area contributed by atoms with Crippen molar-refractivity contribution in [1.29, 1.82) is 0 Å². The molecule has 1 atom stereocenters. The minimum Gasteiger partial charge on any atom is -0.448 e. The van der Waals surface area contributed by atoms with Crippen molar-refractivity contribution in [3.63, 3.8) is 0 Å². The highest BCUT2D eigenvalue weighted by Gasteiger charge is 2.20. The van der Waals surface area contributed by atoms with E-state index < -0.39 is 0 Å². The molecular formula is C10H20N2O2. The first kappa shape index (κ1) is 11.3. The van der Waals surface area contributed by atoms with Gasteiger partial charge in [-0.2, -0.15) is 0 Å². The SMILES string of the molecule is CCC(CCCN1CCOC1=O)NC. The zero-order chi connectivity index (χ0) is 10.4. The standard InChI is InChI=1S/C10H20N2O2/c1-3-9(11-2)5-4-6-12-7-8-14-10(12)13/h9,11H,3-8H2,1-2H3. The van der Waals surface area contributed by atoms with Crippen LogP contribution in [-0.2, 0) is 4.74 Å². The fourth-order valence-corrected chi connectivity index (χ4v) is 1.71. The van der Waals surface area contributed by atoms with Gasteiger partial charge in [-0.05, 0) is 26.3 Å². The Morgan fingerprint density at radius 2 is 2.43 bits per heavy atom. The summed E-state index contributed by atoms with van der Waals surface area (Å²) in [4.78, 5) is 12.9. The minimum atomic E-state index is -0.150. The number of rotatable bonds is 6. The van der Waals surface area contributed by atoms with Gasteiger partial charge in [-0.15, -0.1) is 0 Å². The maximum absolute atomic E-state index is 11.1. The lowest BCUT2D eigenvalue weighted by atomic mass is 10.1. The maximum atomic E-state index is 11.1. The number of cyclic esters (lactones) is 1. The molecule has 1 fully saturated rings. The van der Waals surface area contributed by atoms with Gasteiger partial charge < -0.3 is 15.0 Å². The highest BCUT2D eigenvalue weighted by molar-refractivity contribution is 5.69. The van der Waals surface area contributed by atoms with E-state index in [0.29, 0.717) is 12.6 Å². The first-order valence-electron chi connectivity index (χ1n) is 5.37. The van der Waals surface area contributed by atoms with Crippen molar-refractivity contribution in [2.75, 3.05) is 26.7 Å². The molecule has 1 aliphatic heterocycles. The fourth-order valence-electron chi connectivity index (χ4n) is 1.71. The molecule has 1 rings (SSSR count). The van der Waals surface area contributed by atoms with Gasteiger partial charge in [0.05, 0.1) is 6.54 Å². The summed E-state index contributed by atoms with van der Waals surface area (Å²) in [7, 11) is 1.98. The fraction of sp³-hybridized carbons (Fsp3) is 0.900. The van der Waals surface area contributed by atoms with Crippen LogP contribution in [0.4, 0.5) is 4.79 Å². The molecule has 1 heterocycles. The average molecular weight is 200 g/mol. The van der Waals surface area contributed by atoms with E-state index in [1.807, 2.05) is 7.05 Å². The summed E-state index contributed by atoms with van der Waals surface area (Å²) in [6, 6.07) is 0.577. The van der Waals surface area contributed by atoms with Gasteiger partial charge in [0.15, 0.2) is 0 Å². The zero-order valence-corrected chi connectivity index (χ0v) is 9.08. The van der Waals surface area contributed by atoms with Crippen LogP contribution in [0.3, 0.4) is 0 Å². The highest BCUT2D eigenvalue weighted by Crippen LogP contribution is 2.07. The topological polar surface area (TPSA) is 41.6 Å². The van der Waals surface area contributed by atoms with Crippen molar-refractivity contribution in [3.05, 3.63) is 0 Å². The summed E-state index contributed by atoms with van der Waals surface area (Å²) in [5.74, 6) is 0. The second-order valence-electron chi connectivity index (χ2n) is 3.64. The summed E-state index contributed by atoms with van der Waals surface area (Å²) in [5, 5.41) is 3.25. The third-order valence-electron chi connectivity index (χ3n) is 2.73. The van der Waals surface area contributed by atoms with E-state index in [1.165, 1.54) is 0 Å². The van der Waals surface area contributed by atoms with E-state index in [2.05, 4.69) is 12.2 Å². The van der Waals surface area contributed by atoms with Gasteiger partial charge in [-0.25, -0.2) is 4.79 Å². The van der Waals surface area contributed by atoms with Crippen molar-refractivity contribution in [1.82, 2.24) is 10.2 Å². The van der Waals surface area contributed by atoms with E-state index in [1.54, 1.807) is 4.90 Å². The molecule has 4 heteroatoms. The van der Waals surface area contributed by atoms with Gasteiger partial charge >= 0.3 is 6.09 Å². The number of ether oxygens (including phenoxy) is 1. The smallest absolute Gasteiger partial charge is 0.409 e. The molecule has 1 N–H and O–H groups in total. The van der Waals surface area contributed by atoms with Gasteiger partial charge in [0.1, 0.15) is 6.61 Å². The second kappa shape index (κ2) is 5.86. The van der Waals surface area contributed by atoms with Gasteiger partial charge in [0.2, 0.25) is 0 Å². The van der Waals surface area contributed by atoms with E-state index in [9.17, 15) is 4.79 Å². The Morgan fingerprint density at radius 1 is 1.64 bits per heavy atom. The predicted molar refractivity (Wildman–Crippen MR) is 55.3 cm³/mol. The molecule has 1 amide bonds. The van der Waals surface area contributed by atoms with Crippen LogP contribution in [0.25, 0.3) is 0 Å². The molecule has 4 nitrogen and oxygen atoms in total. The Hall–Kier alpha value is -0.770. The molecule has 1 unspecified atom stereocenters. The van der Waals surface area contributed by atoms with Crippen molar-refractivity contribution in [2.45, 2.75) is 32.2 Å². The summed E-state index contributed by atoms with van der Waals surface area (Å²) in [6.07, 6.45) is 3.16. The Kier molecular flexibility index (Phi) is 4.73. The lowest BCUT2D eigenvalue weighted by molar-refractivity contribution is 0.158. The van der Waals surface area contributed by atoms with Crippen LogP contribution in [0.15, 0.2) is 0 Å². The third kappa shape index (κ3) is 3.18. The Balaban J connectivity index is 2.11. The number of nitrogens with one attached hydrogen (secondary N) is 1. The second-order valence-corrected chi connectivity index (χ2v) is 3.64. The molecule has 0 aromatic rings. The Morgan fingerprint density at radius 3 is 2.93 bits per heavy atom. The van der Waals surface area contributed by atoms with E-state index in [-0.39, 0.29) is 6.09 Å². The van der Waals surface area contributed by atoms with Crippen LogP contribution in [0.2, 0.25) is 0 Å². The molecule has 1 saturated heterocycles. The largest absolute Gasteiger partial charge is 0.448 e. The molecule has 0 aromatic heterocycles. The molecule has 0 spiro atoms. The summed E-state index contributed by atoms with van der Waals surface area (Å²) < 4.78 is 4.85. The number of nitrogens with zero attached hydrogens (tertiary/aromatic N) is 1. The molecule has 0 aliphatic carbocycles. The number of hydrogen-bond donors (Lipinski definition) is 1. The van der Waals surface area contributed by atoms with Crippen LogP contribution < -0.4 is 5.32 Å². The normalized spacial score (nSPS) is 18.4. The Labute approximate surface area is 85.6 Å². The van der Waals surface area contributed by atoms with Crippen molar-refractivity contribution < 1.29 is 9.53 Å². The number of carbonyl (C=O) groups excluding carboxylic acids is 1. The van der Waals surface area contributed by atoms with Crippen LogP contribution in [-0.4, -0.2) is 43.8 Å². The molecule has 0 bridgehead atoms. The first-order valence-corrected chi connectivity index (χ1v) is 5.37. The van der Waals surface area contributed by atoms with Gasteiger partial charge in [0.25, 0.3) is 0 Å². The predicted octanol–water partition coefficient (Wildman–Crippen LogP) is 1.22.